The lowest BCUT2D eigenvalue weighted by atomic mass is 9.93. The van der Waals surface area contributed by atoms with E-state index in [1.165, 1.54) is 16.7 Å². The van der Waals surface area contributed by atoms with Gasteiger partial charge in [-0.2, -0.15) is 0 Å². The normalized spacial score (nSPS) is 10.5. The third-order valence-electron chi connectivity index (χ3n) is 5.02. The second-order valence-electron chi connectivity index (χ2n) is 7.34. The van der Waals surface area contributed by atoms with Gasteiger partial charge in [0.25, 0.3) is 0 Å². The molecule has 1 N–H and O–H groups in total. The van der Waals surface area contributed by atoms with Crippen molar-refractivity contribution < 1.29 is 19.4 Å². The Morgan fingerprint density at radius 1 is 0.935 bits per heavy atom. The van der Waals surface area contributed by atoms with Gasteiger partial charge in [0, 0.05) is 11.1 Å². The van der Waals surface area contributed by atoms with E-state index in [9.17, 15) is 4.79 Å². The van der Waals surface area contributed by atoms with Gasteiger partial charge in [0.2, 0.25) is 0 Å². The van der Waals surface area contributed by atoms with Crippen LogP contribution in [0, 0.1) is 0 Å². The van der Waals surface area contributed by atoms with Crippen LogP contribution in [0.1, 0.15) is 25.0 Å². The Kier molecular flexibility index (Phi) is 7.63. The number of rotatable bonds is 9. The predicted octanol–water partition coefficient (Wildman–Crippen LogP) is 5.57. The summed E-state index contributed by atoms with van der Waals surface area (Å²) in [5, 5.41) is 9.10. The minimum absolute atomic E-state index is 0.0724. The molecule has 0 amide bonds. The highest BCUT2D eigenvalue weighted by Crippen LogP contribution is 2.32. The molecule has 0 bridgehead atoms. The van der Waals surface area contributed by atoms with Crippen molar-refractivity contribution in [2.75, 3.05) is 13.2 Å². The maximum absolute atomic E-state index is 11.8. The summed E-state index contributed by atoms with van der Waals surface area (Å²) in [6.07, 6.45) is 0.916. The van der Waals surface area contributed by atoms with Crippen molar-refractivity contribution in [3.63, 3.8) is 0 Å². The summed E-state index contributed by atoms with van der Waals surface area (Å²) in [5.41, 5.74) is 6.87. The molecular formula is C27H28O4. The van der Waals surface area contributed by atoms with Gasteiger partial charge in [0.15, 0.2) is 0 Å². The molecule has 0 saturated carbocycles. The molecule has 0 saturated heterocycles. The molecule has 160 valence electrons. The van der Waals surface area contributed by atoms with Crippen LogP contribution in [0.3, 0.4) is 0 Å². The number of aryl methyl sites for hydroxylation is 1. The van der Waals surface area contributed by atoms with E-state index in [2.05, 4.69) is 43.8 Å². The van der Waals surface area contributed by atoms with Crippen molar-refractivity contribution in [3.8, 4) is 28.0 Å². The molecule has 0 unspecified atom stereocenters. The van der Waals surface area contributed by atoms with E-state index < -0.39 is 5.97 Å². The molecule has 4 nitrogen and oxygen atoms in total. The molecule has 0 atom stereocenters. The number of carbonyl (C=O) groups excluding carboxylic acids is 1. The molecule has 0 aliphatic rings. The summed E-state index contributed by atoms with van der Waals surface area (Å²) in [6, 6.07) is 22.6. The minimum atomic E-state index is -0.445. The van der Waals surface area contributed by atoms with Crippen LogP contribution in [0.4, 0.5) is 0 Å². The first-order valence-electron chi connectivity index (χ1n) is 10.4. The van der Waals surface area contributed by atoms with Gasteiger partial charge in [-0.1, -0.05) is 68.1 Å². The van der Waals surface area contributed by atoms with Gasteiger partial charge in [0.05, 0.1) is 6.61 Å². The largest absolute Gasteiger partial charge is 0.491 e. The van der Waals surface area contributed by atoms with Crippen LogP contribution in [0.2, 0.25) is 0 Å². The molecule has 0 aromatic heterocycles. The summed E-state index contributed by atoms with van der Waals surface area (Å²) >= 11 is 0. The highest BCUT2D eigenvalue weighted by atomic mass is 16.5. The zero-order valence-corrected chi connectivity index (χ0v) is 18.1. The number of benzene rings is 3. The van der Waals surface area contributed by atoms with Crippen molar-refractivity contribution in [2.24, 2.45) is 0 Å². The van der Waals surface area contributed by atoms with Crippen LogP contribution in [0.5, 0.6) is 5.75 Å². The van der Waals surface area contributed by atoms with Gasteiger partial charge in [-0.25, -0.2) is 4.79 Å². The molecule has 3 rings (SSSR count). The number of aliphatic hydroxyl groups is 1. The van der Waals surface area contributed by atoms with Crippen molar-refractivity contribution in [1.82, 2.24) is 0 Å². The number of hydrogen-bond donors (Lipinski definition) is 1. The molecule has 3 aromatic rings. The number of aliphatic hydroxyl groups excluding tert-OH is 1. The van der Waals surface area contributed by atoms with Gasteiger partial charge in [-0.05, 0) is 53.3 Å². The molecule has 0 fully saturated rings. The first-order valence-corrected chi connectivity index (χ1v) is 10.4. The Bertz CT molecular complexity index is 1050. The number of esters is 1. The van der Waals surface area contributed by atoms with Gasteiger partial charge >= 0.3 is 5.97 Å². The van der Waals surface area contributed by atoms with Gasteiger partial charge in [0.1, 0.15) is 19.0 Å². The lowest BCUT2D eigenvalue weighted by molar-refractivity contribution is -0.140. The van der Waals surface area contributed by atoms with Crippen LogP contribution < -0.4 is 4.74 Å². The average molecular weight is 417 g/mol. The number of hydrogen-bond acceptors (Lipinski definition) is 4. The molecule has 3 aromatic carbocycles. The maximum atomic E-state index is 11.8. The Balaban J connectivity index is 1.95. The second kappa shape index (κ2) is 10.6. The summed E-state index contributed by atoms with van der Waals surface area (Å²) in [4.78, 5) is 11.8. The average Bonchev–Trinajstić information content (AvgIpc) is 2.81. The number of carbonyl (C=O) groups is 1. The van der Waals surface area contributed by atoms with E-state index in [4.69, 9.17) is 14.6 Å². The summed E-state index contributed by atoms with van der Waals surface area (Å²) < 4.78 is 11.0. The third kappa shape index (κ3) is 5.62. The Hall–Kier alpha value is -3.37. The monoisotopic (exact) mass is 416 g/mol. The Morgan fingerprint density at radius 3 is 2.26 bits per heavy atom. The van der Waals surface area contributed by atoms with Crippen LogP contribution >= 0.6 is 0 Å². The highest BCUT2D eigenvalue weighted by molar-refractivity contribution is 5.87. The standard InChI is InChI=1S/C27H28O4/c1-4-20-16-22(10-12-25(20)21-8-6-5-7-9-21)23-11-13-26(30-15-14-28)24(17-23)18-31-27(29)19(2)3/h5-13,16-17,28H,2,4,14-15,18H2,1,3H3. The van der Waals surface area contributed by atoms with Crippen LogP contribution in [-0.4, -0.2) is 24.3 Å². The van der Waals surface area contributed by atoms with E-state index in [0.29, 0.717) is 11.3 Å². The first-order chi connectivity index (χ1) is 15.0. The number of ether oxygens (including phenoxy) is 2. The Morgan fingerprint density at radius 2 is 1.61 bits per heavy atom. The highest BCUT2D eigenvalue weighted by Gasteiger charge is 2.12. The summed E-state index contributed by atoms with van der Waals surface area (Å²) in [6.45, 7) is 7.54. The van der Waals surface area contributed by atoms with Crippen molar-refractivity contribution >= 4 is 5.97 Å². The van der Waals surface area contributed by atoms with Crippen molar-refractivity contribution in [3.05, 3.63) is 90.0 Å². The quantitative estimate of drug-likeness (QED) is 0.366. The first kappa shape index (κ1) is 22.3. The molecule has 31 heavy (non-hydrogen) atoms. The van der Waals surface area contributed by atoms with E-state index in [-0.39, 0.29) is 19.8 Å². The fourth-order valence-corrected chi connectivity index (χ4v) is 3.40. The van der Waals surface area contributed by atoms with Crippen molar-refractivity contribution in [1.29, 1.82) is 0 Å². The van der Waals surface area contributed by atoms with Gasteiger partial charge in [-0.15, -0.1) is 0 Å². The molecule has 0 radical (unpaired) electrons. The molecular weight excluding hydrogens is 388 g/mol. The fourth-order valence-electron chi connectivity index (χ4n) is 3.40. The van der Waals surface area contributed by atoms with E-state index in [1.54, 1.807) is 6.92 Å². The molecule has 4 heteroatoms. The van der Waals surface area contributed by atoms with E-state index in [1.807, 2.05) is 36.4 Å². The Labute approximate surface area is 183 Å². The van der Waals surface area contributed by atoms with Crippen LogP contribution in [-0.2, 0) is 22.6 Å². The zero-order chi connectivity index (χ0) is 22.2. The zero-order valence-electron chi connectivity index (χ0n) is 18.1. The summed E-state index contributed by atoms with van der Waals surface area (Å²) in [5.74, 6) is 0.142. The summed E-state index contributed by atoms with van der Waals surface area (Å²) in [7, 11) is 0. The second-order valence-corrected chi connectivity index (χ2v) is 7.34. The minimum Gasteiger partial charge on any atom is -0.491 e. The third-order valence-corrected chi connectivity index (χ3v) is 5.02. The lowest BCUT2D eigenvalue weighted by Gasteiger charge is -2.15. The lowest BCUT2D eigenvalue weighted by Crippen LogP contribution is -2.08. The topological polar surface area (TPSA) is 55.8 Å². The molecule has 0 heterocycles. The van der Waals surface area contributed by atoms with E-state index >= 15 is 0 Å². The molecule has 0 aliphatic carbocycles. The SMILES string of the molecule is C=C(C)C(=O)OCc1cc(-c2ccc(-c3ccccc3)c(CC)c2)ccc1OCCO. The molecule has 0 spiro atoms. The van der Waals surface area contributed by atoms with Crippen molar-refractivity contribution in [2.45, 2.75) is 26.9 Å². The smallest absolute Gasteiger partial charge is 0.333 e. The maximum Gasteiger partial charge on any atom is 0.333 e. The van der Waals surface area contributed by atoms with Gasteiger partial charge < -0.3 is 14.6 Å². The van der Waals surface area contributed by atoms with Crippen LogP contribution in [0.15, 0.2) is 78.9 Å². The fraction of sp³-hybridized carbons (Fsp3) is 0.222. The van der Waals surface area contributed by atoms with E-state index in [0.717, 1.165) is 23.1 Å². The van der Waals surface area contributed by atoms with Crippen LogP contribution in [0.25, 0.3) is 22.3 Å². The van der Waals surface area contributed by atoms with Gasteiger partial charge in [-0.3, -0.25) is 0 Å². The predicted molar refractivity (Wildman–Crippen MR) is 124 cm³/mol. The molecule has 0 aliphatic heterocycles.